The first-order chi connectivity index (χ1) is 12.6. The first kappa shape index (κ1) is 17.6. The minimum absolute atomic E-state index is 0.494. The highest BCUT2D eigenvalue weighted by atomic mass is 35.5. The molecule has 0 amide bonds. The number of aliphatic imine (C=N–C) groups is 1. The van der Waals surface area contributed by atoms with Crippen molar-refractivity contribution >= 4 is 34.3 Å². The number of aromatic amines is 1. The van der Waals surface area contributed by atoms with Crippen LogP contribution in [0, 0.1) is 18.3 Å². The number of nitriles is 1. The van der Waals surface area contributed by atoms with Gasteiger partial charge in [0.2, 0.25) is 0 Å². The van der Waals surface area contributed by atoms with Crippen molar-refractivity contribution in [2.75, 3.05) is 12.4 Å². The van der Waals surface area contributed by atoms with Crippen molar-refractivity contribution in [3.63, 3.8) is 0 Å². The van der Waals surface area contributed by atoms with Crippen LogP contribution in [0.3, 0.4) is 0 Å². The number of pyridine rings is 2. The zero-order chi connectivity index (χ0) is 18.7. The fraction of sp³-hybridized carbons (Fsp3) is 0.158. The molecular weight excluding hydrogens is 348 g/mol. The minimum atomic E-state index is 0.494. The Kier molecular flexibility index (Phi) is 5.01. The molecule has 0 atom stereocenters. The molecule has 0 spiro atoms. The molecule has 0 saturated carbocycles. The molecule has 0 aliphatic rings. The van der Waals surface area contributed by atoms with Gasteiger partial charge in [0.05, 0.1) is 16.3 Å². The molecule has 0 aliphatic heterocycles. The van der Waals surface area contributed by atoms with E-state index in [1.165, 1.54) is 0 Å². The number of amidine groups is 1. The van der Waals surface area contributed by atoms with Gasteiger partial charge in [0.25, 0.3) is 0 Å². The van der Waals surface area contributed by atoms with E-state index in [2.05, 4.69) is 31.3 Å². The molecule has 7 heteroatoms. The van der Waals surface area contributed by atoms with Gasteiger partial charge in [-0.15, -0.1) is 0 Å². The fourth-order valence-electron chi connectivity index (χ4n) is 2.65. The average molecular weight is 365 g/mol. The van der Waals surface area contributed by atoms with E-state index in [9.17, 15) is 5.26 Å². The Morgan fingerprint density at radius 2 is 2.23 bits per heavy atom. The third-order valence-electron chi connectivity index (χ3n) is 3.90. The molecule has 3 aromatic heterocycles. The SMILES string of the molecule is C/C=C(Cl)\C(=N/C)Nc1cc(-c2cc(C)ccn2)c2c(C#N)c[nH]c2n1. The molecular formula is C19H17ClN6. The number of nitrogens with one attached hydrogen (secondary N) is 2. The zero-order valence-corrected chi connectivity index (χ0v) is 15.4. The lowest BCUT2D eigenvalue weighted by Crippen LogP contribution is -2.13. The zero-order valence-electron chi connectivity index (χ0n) is 14.6. The van der Waals surface area contributed by atoms with Gasteiger partial charge in [-0.2, -0.15) is 5.26 Å². The van der Waals surface area contributed by atoms with E-state index in [-0.39, 0.29) is 0 Å². The van der Waals surface area contributed by atoms with Gasteiger partial charge in [0.1, 0.15) is 23.4 Å². The van der Waals surface area contributed by atoms with Crippen molar-refractivity contribution in [2.24, 2.45) is 4.99 Å². The summed E-state index contributed by atoms with van der Waals surface area (Å²) >= 11 is 6.18. The van der Waals surface area contributed by atoms with Crippen LogP contribution in [0.2, 0.25) is 0 Å². The van der Waals surface area contributed by atoms with Crippen LogP contribution in [-0.2, 0) is 0 Å². The molecule has 0 fully saturated rings. The molecule has 0 saturated heterocycles. The molecule has 0 bridgehead atoms. The number of nitrogens with zero attached hydrogens (tertiary/aromatic N) is 4. The normalized spacial score (nSPS) is 12.3. The third kappa shape index (κ3) is 3.30. The summed E-state index contributed by atoms with van der Waals surface area (Å²) < 4.78 is 0. The standard InChI is InChI=1S/C19H17ClN6/c1-4-14(20)18(22-3)25-16-8-13(15-7-11(2)5-6-23-15)17-12(9-21)10-24-19(17)26-16/h4-8,10H,1-3H3,(H2,22,24,25,26)/b14-4+. The maximum Gasteiger partial charge on any atom is 0.144 e. The number of anilines is 1. The van der Waals surface area contributed by atoms with Crippen LogP contribution in [0.5, 0.6) is 0 Å². The molecule has 0 aromatic carbocycles. The molecule has 26 heavy (non-hydrogen) atoms. The number of H-pyrrole nitrogens is 1. The maximum absolute atomic E-state index is 9.43. The van der Waals surface area contributed by atoms with Crippen molar-refractivity contribution in [2.45, 2.75) is 13.8 Å². The summed E-state index contributed by atoms with van der Waals surface area (Å²) in [5, 5.41) is 13.8. The Morgan fingerprint density at radius 1 is 1.42 bits per heavy atom. The second-order valence-corrected chi connectivity index (χ2v) is 6.05. The van der Waals surface area contributed by atoms with E-state index < -0.39 is 0 Å². The van der Waals surface area contributed by atoms with Crippen molar-refractivity contribution in [3.05, 3.63) is 52.8 Å². The molecule has 130 valence electrons. The Labute approximate surface area is 156 Å². The second-order valence-electron chi connectivity index (χ2n) is 5.65. The predicted octanol–water partition coefficient (Wildman–Crippen LogP) is 4.39. The fourth-order valence-corrected chi connectivity index (χ4v) is 2.78. The van der Waals surface area contributed by atoms with Crippen molar-refractivity contribution in [1.82, 2.24) is 15.0 Å². The largest absolute Gasteiger partial charge is 0.345 e. The summed E-state index contributed by atoms with van der Waals surface area (Å²) in [5.41, 5.74) is 3.77. The lowest BCUT2D eigenvalue weighted by Gasteiger charge is -2.11. The number of hydrogen-bond donors (Lipinski definition) is 2. The number of fused-ring (bicyclic) bond motifs is 1. The van der Waals surface area contributed by atoms with Gasteiger partial charge in [-0.25, -0.2) is 4.98 Å². The molecule has 0 unspecified atom stereocenters. The van der Waals surface area contributed by atoms with Crippen LogP contribution in [0.4, 0.5) is 5.82 Å². The monoisotopic (exact) mass is 364 g/mol. The van der Waals surface area contributed by atoms with Gasteiger partial charge in [-0.1, -0.05) is 17.7 Å². The number of aryl methyl sites for hydroxylation is 1. The van der Waals surface area contributed by atoms with Crippen LogP contribution < -0.4 is 5.32 Å². The summed E-state index contributed by atoms with van der Waals surface area (Å²) in [6, 6.07) is 7.95. The molecule has 3 heterocycles. The summed E-state index contributed by atoms with van der Waals surface area (Å²) in [6.45, 7) is 3.83. The summed E-state index contributed by atoms with van der Waals surface area (Å²) in [6.07, 6.45) is 5.15. The molecule has 0 aliphatic carbocycles. The summed E-state index contributed by atoms with van der Waals surface area (Å²) in [5.74, 6) is 1.07. The molecule has 2 N–H and O–H groups in total. The average Bonchev–Trinajstić information content (AvgIpc) is 3.07. The Morgan fingerprint density at radius 3 is 2.88 bits per heavy atom. The van der Waals surface area contributed by atoms with E-state index in [0.29, 0.717) is 27.9 Å². The number of halogens is 1. The predicted molar refractivity (Wildman–Crippen MR) is 105 cm³/mol. The second kappa shape index (κ2) is 7.38. The van der Waals surface area contributed by atoms with Gasteiger partial charge >= 0.3 is 0 Å². The first-order valence-corrected chi connectivity index (χ1v) is 8.36. The van der Waals surface area contributed by atoms with Gasteiger partial charge in [0.15, 0.2) is 0 Å². The van der Waals surface area contributed by atoms with Crippen LogP contribution in [0.1, 0.15) is 18.1 Å². The lowest BCUT2D eigenvalue weighted by atomic mass is 10.0. The summed E-state index contributed by atoms with van der Waals surface area (Å²) in [7, 11) is 1.65. The van der Waals surface area contributed by atoms with Crippen molar-refractivity contribution in [3.8, 4) is 17.3 Å². The van der Waals surface area contributed by atoms with Crippen LogP contribution in [0.25, 0.3) is 22.3 Å². The highest BCUT2D eigenvalue weighted by molar-refractivity contribution is 6.44. The smallest absolute Gasteiger partial charge is 0.144 e. The number of rotatable bonds is 3. The molecule has 0 radical (unpaired) electrons. The highest BCUT2D eigenvalue weighted by Gasteiger charge is 2.16. The van der Waals surface area contributed by atoms with Gasteiger partial charge in [-0.05, 0) is 37.6 Å². The lowest BCUT2D eigenvalue weighted by molar-refractivity contribution is 1.27. The third-order valence-corrected chi connectivity index (χ3v) is 4.30. The van der Waals surface area contributed by atoms with Crippen LogP contribution >= 0.6 is 11.6 Å². The van der Waals surface area contributed by atoms with Crippen molar-refractivity contribution < 1.29 is 0 Å². The van der Waals surface area contributed by atoms with Crippen LogP contribution in [0.15, 0.2) is 46.7 Å². The minimum Gasteiger partial charge on any atom is -0.345 e. The van der Waals surface area contributed by atoms with Gasteiger partial charge in [-0.3, -0.25) is 9.98 Å². The van der Waals surface area contributed by atoms with Crippen LogP contribution in [-0.4, -0.2) is 27.8 Å². The van der Waals surface area contributed by atoms with Crippen molar-refractivity contribution in [1.29, 1.82) is 5.26 Å². The number of allylic oxidation sites excluding steroid dienone is 1. The van der Waals surface area contributed by atoms with E-state index in [1.54, 1.807) is 25.5 Å². The Balaban J connectivity index is 2.21. The Bertz CT molecular complexity index is 1070. The number of aromatic nitrogens is 3. The maximum atomic E-state index is 9.43. The highest BCUT2D eigenvalue weighted by Crippen LogP contribution is 2.31. The van der Waals surface area contributed by atoms with E-state index in [0.717, 1.165) is 22.2 Å². The van der Waals surface area contributed by atoms with E-state index in [4.69, 9.17) is 11.6 Å². The molecule has 6 nitrogen and oxygen atoms in total. The van der Waals surface area contributed by atoms with E-state index >= 15 is 0 Å². The molecule has 3 aromatic rings. The van der Waals surface area contributed by atoms with Gasteiger partial charge < -0.3 is 10.3 Å². The topological polar surface area (TPSA) is 89.8 Å². The number of hydrogen-bond acceptors (Lipinski definition) is 4. The Hall–Kier alpha value is -3.17. The van der Waals surface area contributed by atoms with E-state index in [1.807, 2.05) is 32.0 Å². The quantitative estimate of drug-likeness (QED) is 0.532. The first-order valence-electron chi connectivity index (χ1n) is 7.98. The molecule has 3 rings (SSSR count). The summed E-state index contributed by atoms with van der Waals surface area (Å²) in [4.78, 5) is 16.2. The van der Waals surface area contributed by atoms with Gasteiger partial charge in [0, 0.05) is 30.4 Å².